The molecular formula is C24H27F2N3O8S. The maximum atomic E-state index is 14.9. The number of halogens is 2. The molecule has 1 aliphatic rings. The fourth-order valence-corrected chi connectivity index (χ4v) is 5.72. The van der Waals surface area contributed by atoms with Crippen LogP contribution in [0.4, 0.5) is 13.6 Å². The number of rotatable bonds is 10. The van der Waals surface area contributed by atoms with E-state index in [0.717, 1.165) is 39.5 Å². The Morgan fingerprint density at radius 2 is 1.87 bits per heavy atom. The summed E-state index contributed by atoms with van der Waals surface area (Å²) in [6.07, 6.45) is 0.151. The molecule has 206 valence electrons. The highest BCUT2D eigenvalue weighted by atomic mass is 32.2. The molecule has 2 N–H and O–H groups in total. The Labute approximate surface area is 218 Å². The minimum absolute atomic E-state index is 0.0693. The molecule has 0 aromatic heterocycles. The van der Waals surface area contributed by atoms with Gasteiger partial charge in [-0.1, -0.05) is 6.08 Å². The van der Waals surface area contributed by atoms with Gasteiger partial charge in [0.15, 0.2) is 11.6 Å². The summed E-state index contributed by atoms with van der Waals surface area (Å²) in [6, 6.07) is 7.66. The lowest BCUT2D eigenvalue weighted by Crippen LogP contribution is -2.70. The molecule has 38 heavy (non-hydrogen) atoms. The van der Waals surface area contributed by atoms with Crippen molar-refractivity contribution in [1.29, 1.82) is 0 Å². The molecule has 1 aliphatic heterocycles. The smallest absolute Gasteiger partial charge is 0.409 e. The second-order valence-corrected chi connectivity index (χ2v) is 10.1. The van der Waals surface area contributed by atoms with Gasteiger partial charge in [0.25, 0.3) is 5.91 Å². The van der Waals surface area contributed by atoms with Crippen molar-refractivity contribution in [2.24, 2.45) is 0 Å². The number of piperazine rings is 1. The maximum Gasteiger partial charge on any atom is 0.409 e. The van der Waals surface area contributed by atoms with Gasteiger partial charge < -0.3 is 19.1 Å². The number of methoxy groups -OCH3 is 1. The van der Waals surface area contributed by atoms with Gasteiger partial charge in [0.05, 0.1) is 18.0 Å². The number of amides is 2. The summed E-state index contributed by atoms with van der Waals surface area (Å²) in [5, 5.41) is 9.46. The fourth-order valence-electron chi connectivity index (χ4n) is 3.98. The number of hydrogen-bond donors (Lipinski definition) is 2. The molecule has 2 aromatic carbocycles. The SMILES string of the molecule is C=CC[C@]1(C(=O)NO)CN(C(=O)OCCOC)CCN1S(=O)(=O)c1ccc(Oc2ccc(F)cc2)c(F)c1. The van der Waals surface area contributed by atoms with E-state index in [0.29, 0.717) is 0 Å². The zero-order valence-corrected chi connectivity index (χ0v) is 21.2. The summed E-state index contributed by atoms with van der Waals surface area (Å²) in [6.45, 7) is 2.62. The summed E-state index contributed by atoms with van der Waals surface area (Å²) in [7, 11) is -3.15. The lowest BCUT2D eigenvalue weighted by Gasteiger charge is -2.47. The molecule has 0 radical (unpaired) electrons. The summed E-state index contributed by atoms with van der Waals surface area (Å²) < 4.78 is 71.4. The van der Waals surface area contributed by atoms with Crippen LogP contribution in [0.15, 0.2) is 60.0 Å². The van der Waals surface area contributed by atoms with E-state index in [9.17, 15) is 32.0 Å². The zero-order chi connectivity index (χ0) is 27.9. The van der Waals surface area contributed by atoms with Crippen molar-refractivity contribution in [3.63, 3.8) is 0 Å². The van der Waals surface area contributed by atoms with E-state index in [4.69, 9.17) is 14.2 Å². The first-order valence-electron chi connectivity index (χ1n) is 11.3. The largest absolute Gasteiger partial charge is 0.454 e. The Morgan fingerprint density at radius 1 is 1.16 bits per heavy atom. The molecule has 2 aromatic rings. The third-order valence-electron chi connectivity index (χ3n) is 5.81. The molecular weight excluding hydrogens is 528 g/mol. The lowest BCUT2D eigenvalue weighted by molar-refractivity contribution is -0.142. The van der Waals surface area contributed by atoms with E-state index in [1.807, 2.05) is 0 Å². The molecule has 1 saturated heterocycles. The second-order valence-electron chi connectivity index (χ2n) is 8.22. The Bertz CT molecular complexity index is 1280. The van der Waals surface area contributed by atoms with Crippen LogP contribution >= 0.6 is 0 Å². The number of hydrogen-bond acceptors (Lipinski definition) is 8. The van der Waals surface area contributed by atoms with Crippen LogP contribution in [0.3, 0.4) is 0 Å². The van der Waals surface area contributed by atoms with E-state index in [-0.39, 0.29) is 44.2 Å². The predicted octanol–water partition coefficient (Wildman–Crippen LogP) is 2.67. The van der Waals surface area contributed by atoms with Crippen LogP contribution in [0.1, 0.15) is 6.42 Å². The van der Waals surface area contributed by atoms with Crippen molar-refractivity contribution in [3.05, 3.63) is 66.8 Å². The summed E-state index contributed by atoms with van der Waals surface area (Å²) in [5.74, 6) is -2.86. The molecule has 0 unspecified atom stereocenters. The van der Waals surface area contributed by atoms with E-state index < -0.39 is 50.6 Å². The average molecular weight is 556 g/mol. The van der Waals surface area contributed by atoms with Crippen LogP contribution < -0.4 is 10.2 Å². The maximum absolute atomic E-state index is 14.9. The molecule has 0 bridgehead atoms. The quantitative estimate of drug-likeness (QED) is 0.198. The van der Waals surface area contributed by atoms with Crippen LogP contribution in [0.2, 0.25) is 0 Å². The first-order valence-corrected chi connectivity index (χ1v) is 12.7. The van der Waals surface area contributed by atoms with Gasteiger partial charge in [-0.25, -0.2) is 27.5 Å². The standard InChI is InChI=1S/C24H27F2N3O8S/c1-3-10-24(22(30)27-32)16-28(23(31)36-14-13-35-2)11-12-29(24)38(33,34)19-8-9-21(20(26)15-19)37-18-6-4-17(25)5-7-18/h3-9,15,32H,1,10-14,16H2,2H3,(H,27,30)/t24-/m1/s1. The number of nitrogens with zero attached hydrogens (tertiary/aromatic N) is 2. The summed E-state index contributed by atoms with van der Waals surface area (Å²) in [4.78, 5) is 26.1. The van der Waals surface area contributed by atoms with E-state index >= 15 is 0 Å². The average Bonchev–Trinajstić information content (AvgIpc) is 2.90. The van der Waals surface area contributed by atoms with Gasteiger partial charge in [-0.2, -0.15) is 4.31 Å². The lowest BCUT2D eigenvalue weighted by atomic mass is 9.91. The van der Waals surface area contributed by atoms with Gasteiger partial charge in [0.1, 0.15) is 23.7 Å². The Balaban J connectivity index is 1.94. The molecule has 1 fully saturated rings. The number of carbonyl (C=O) groups excluding carboxylic acids is 2. The number of sulfonamides is 1. The van der Waals surface area contributed by atoms with Crippen molar-refractivity contribution >= 4 is 22.0 Å². The van der Waals surface area contributed by atoms with Crippen LogP contribution in [-0.2, 0) is 24.3 Å². The second kappa shape index (κ2) is 12.3. The number of nitrogens with one attached hydrogen (secondary N) is 1. The topological polar surface area (TPSA) is 135 Å². The number of hydroxylamine groups is 1. The van der Waals surface area contributed by atoms with E-state index in [2.05, 4.69) is 6.58 Å². The van der Waals surface area contributed by atoms with Gasteiger partial charge in [-0.3, -0.25) is 10.0 Å². The van der Waals surface area contributed by atoms with Crippen LogP contribution in [0.5, 0.6) is 11.5 Å². The molecule has 14 heteroatoms. The molecule has 0 saturated carbocycles. The third-order valence-corrected chi connectivity index (χ3v) is 7.78. The number of benzene rings is 2. The van der Waals surface area contributed by atoms with Gasteiger partial charge in [0, 0.05) is 20.2 Å². The van der Waals surface area contributed by atoms with Crippen LogP contribution in [-0.4, -0.2) is 80.3 Å². The molecule has 0 spiro atoms. The minimum atomic E-state index is -4.57. The van der Waals surface area contributed by atoms with Crippen molar-refractivity contribution < 1.29 is 46.2 Å². The monoisotopic (exact) mass is 555 g/mol. The zero-order valence-electron chi connectivity index (χ0n) is 20.4. The molecule has 11 nitrogen and oxygen atoms in total. The van der Waals surface area contributed by atoms with Gasteiger partial charge in [0.2, 0.25) is 10.0 Å². The van der Waals surface area contributed by atoms with Crippen molar-refractivity contribution in [2.45, 2.75) is 16.9 Å². The fraction of sp³-hybridized carbons (Fsp3) is 0.333. The minimum Gasteiger partial charge on any atom is -0.454 e. The molecule has 1 atom stereocenters. The first kappa shape index (κ1) is 29.0. The van der Waals surface area contributed by atoms with E-state index in [1.54, 1.807) is 0 Å². The first-order chi connectivity index (χ1) is 18.1. The van der Waals surface area contributed by atoms with Crippen molar-refractivity contribution in [2.75, 3.05) is 40.0 Å². The highest BCUT2D eigenvalue weighted by Crippen LogP contribution is 2.34. The van der Waals surface area contributed by atoms with E-state index in [1.165, 1.54) is 30.8 Å². The normalized spacial score (nSPS) is 18.1. The van der Waals surface area contributed by atoms with Crippen molar-refractivity contribution in [3.8, 4) is 11.5 Å². The molecule has 0 aliphatic carbocycles. The highest BCUT2D eigenvalue weighted by molar-refractivity contribution is 7.89. The molecule has 2 amide bonds. The third kappa shape index (κ3) is 6.10. The molecule has 3 rings (SSSR count). The number of ether oxygens (including phenoxy) is 3. The van der Waals surface area contributed by atoms with Crippen molar-refractivity contribution in [1.82, 2.24) is 14.7 Å². The summed E-state index contributed by atoms with van der Waals surface area (Å²) >= 11 is 0. The van der Waals surface area contributed by atoms with Crippen LogP contribution in [0, 0.1) is 11.6 Å². The predicted molar refractivity (Wildman–Crippen MR) is 129 cm³/mol. The Kier molecular flexibility index (Phi) is 9.38. The Hall–Kier alpha value is -3.59. The van der Waals surface area contributed by atoms with Gasteiger partial charge in [-0.15, -0.1) is 6.58 Å². The Morgan fingerprint density at radius 3 is 2.47 bits per heavy atom. The van der Waals surface area contributed by atoms with Gasteiger partial charge in [-0.05, 0) is 48.9 Å². The summed E-state index contributed by atoms with van der Waals surface area (Å²) in [5.41, 5.74) is -0.555. The molecule has 1 heterocycles. The number of carbonyl (C=O) groups is 2. The highest BCUT2D eigenvalue weighted by Gasteiger charge is 2.53. The van der Waals surface area contributed by atoms with Crippen LogP contribution in [0.25, 0.3) is 0 Å². The van der Waals surface area contributed by atoms with Gasteiger partial charge >= 0.3 is 6.09 Å².